The van der Waals surface area contributed by atoms with E-state index in [1.165, 1.54) is 4.68 Å². The molecule has 0 spiro atoms. The first kappa shape index (κ1) is 11.3. The normalized spacial score (nSPS) is 25.8. The van der Waals surface area contributed by atoms with Crippen LogP contribution in [-0.4, -0.2) is 21.0 Å². The van der Waals surface area contributed by atoms with Crippen LogP contribution in [0.15, 0.2) is 19.9 Å². The van der Waals surface area contributed by atoms with Crippen LogP contribution in [0.5, 0.6) is 0 Å². The van der Waals surface area contributed by atoms with Gasteiger partial charge in [-0.2, -0.15) is 5.10 Å². The van der Waals surface area contributed by atoms with E-state index in [0.717, 1.165) is 19.3 Å². The fourth-order valence-corrected chi connectivity index (χ4v) is 2.41. The Balaban J connectivity index is 2.45. The maximum atomic E-state index is 11.8. The van der Waals surface area contributed by atoms with E-state index in [0.29, 0.717) is 8.95 Å². The van der Waals surface area contributed by atoms with Crippen LogP contribution in [0, 0.1) is 0 Å². The Labute approximate surface area is 104 Å². The molecule has 1 aromatic heterocycles. The first-order chi connectivity index (χ1) is 7.11. The minimum Gasteiger partial charge on any atom is -0.391 e. The van der Waals surface area contributed by atoms with Crippen LogP contribution in [-0.2, 0) is 0 Å². The zero-order valence-electron chi connectivity index (χ0n) is 7.86. The summed E-state index contributed by atoms with van der Waals surface area (Å²) in [6.45, 7) is 0. The summed E-state index contributed by atoms with van der Waals surface area (Å²) >= 11 is 6.41. The zero-order valence-corrected chi connectivity index (χ0v) is 11.0. The van der Waals surface area contributed by atoms with Crippen molar-refractivity contribution in [2.45, 2.75) is 31.4 Å². The maximum Gasteiger partial charge on any atom is 0.282 e. The van der Waals surface area contributed by atoms with Crippen molar-refractivity contribution in [1.29, 1.82) is 0 Å². The molecular formula is C9H10Br2N2O2. The quantitative estimate of drug-likeness (QED) is 0.851. The number of rotatable bonds is 1. The molecule has 2 unspecified atom stereocenters. The van der Waals surface area contributed by atoms with Crippen molar-refractivity contribution < 1.29 is 5.11 Å². The molecule has 2 rings (SSSR count). The fraction of sp³-hybridized carbons (Fsp3) is 0.556. The lowest BCUT2D eigenvalue weighted by atomic mass is 10.2. The Morgan fingerprint density at radius 2 is 2.20 bits per heavy atom. The lowest BCUT2D eigenvalue weighted by Gasteiger charge is -2.16. The molecule has 0 amide bonds. The molecule has 0 bridgehead atoms. The first-order valence-corrected chi connectivity index (χ1v) is 6.30. The lowest BCUT2D eigenvalue weighted by Crippen LogP contribution is -2.31. The number of hydrogen-bond donors (Lipinski definition) is 1. The largest absolute Gasteiger partial charge is 0.391 e. The molecule has 1 aliphatic rings. The zero-order chi connectivity index (χ0) is 11.0. The van der Waals surface area contributed by atoms with Crippen molar-refractivity contribution in [2.75, 3.05) is 0 Å². The van der Waals surface area contributed by atoms with Gasteiger partial charge in [-0.05, 0) is 51.1 Å². The summed E-state index contributed by atoms with van der Waals surface area (Å²) in [4.78, 5) is 11.8. The van der Waals surface area contributed by atoms with Crippen LogP contribution in [0.4, 0.5) is 0 Å². The van der Waals surface area contributed by atoms with Crippen LogP contribution in [0.3, 0.4) is 0 Å². The highest BCUT2D eigenvalue weighted by Crippen LogP contribution is 2.29. The van der Waals surface area contributed by atoms with Gasteiger partial charge in [0.25, 0.3) is 5.56 Å². The summed E-state index contributed by atoms with van der Waals surface area (Å²) in [6, 6.07) is -0.179. The van der Waals surface area contributed by atoms with Crippen molar-refractivity contribution in [1.82, 2.24) is 9.78 Å². The van der Waals surface area contributed by atoms with Crippen molar-refractivity contribution in [3.63, 3.8) is 0 Å². The van der Waals surface area contributed by atoms with E-state index < -0.39 is 6.10 Å². The summed E-state index contributed by atoms with van der Waals surface area (Å²) in [5.74, 6) is 0. The fourth-order valence-electron chi connectivity index (χ4n) is 1.87. The van der Waals surface area contributed by atoms with Crippen LogP contribution in [0.2, 0.25) is 0 Å². The minimum atomic E-state index is -0.455. The average Bonchev–Trinajstić information content (AvgIpc) is 2.62. The van der Waals surface area contributed by atoms with Gasteiger partial charge >= 0.3 is 0 Å². The Morgan fingerprint density at radius 1 is 1.47 bits per heavy atom. The van der Waals surface area contributed by atoms with E-state index in [-0.39, 0.29) is 11.6 Å². The highest BCUT2D eigenvalue weighted by atomic mass is 79.9. The van der Waals surface area contributed by atoms with E-state index in [1.54, 1.807) is 6.20 Å². The Kier molecular flexibility index (Phi) is 3.27. The molecule has 1 N–H and O–H groups in total. The molecule has 0 radical (unpaired) electrons. The highest BCUT2D eigenvalue weighted by Gasteiger charge is 2.28. The molecule has 2 atom stereocenters. The number of hydrogen-bond acceptors (Lipinski definition) is 3. The number of halogens is 2. The maximum absolute atomic E-state index is 11.8. The summed E-state index contributed by atoms with van der Waals surface area (Å²) in [6.07, 6.45) is 3.60. The molecule has 82 valence electrons. The van der Waals surface area contributed by atoms with E-state index >= 15 is 0 Å². The molecule has 15 heavy (non-hydrogen) atoms. The summed E-state index contributed by atoms with van der Waals surface area (Å²) in [7, 11) is 0. The second kappa shape index (κ2) is 4.35. The van der Waals surface area contributed by atoms with Crippen molar-refractivity contribution in [3.05, 3.63) is 25.5 Å². The van der Waals surface area contributed by atoms with Gasteiger partial charge in [-0.1, -0.05) is 0 Å². The summed E-state index contributed by atoms with van der Waals surface area (Å²) in [5, 5.41) is 13.7. The monoisotopic (exact) mass is 336 g/mol. The minimum absolute atomic E-state index is 0.179. The topological polar surface area (TPSA) is 55.1 Å². The van der Waals surface area contributed by atoms with Crippen LogP contribution in [0.25, 0.3) is 0 Å². The van der Waals surface area contributed by atoms with Gasteiger partial charge in [-0.25, -0.2) is 4.68 Å². The van der Waals surface area contributed by atoms with Crippen molar-refractivity contribution >= 4 is 31.9 Å². The van der Waals surface area contributed by atoms with Gasteiger partial charge in [0, 0.05) is 0 Å². The SMILES string of the molecule is O=c1c(Br)c(Br)cnn1C1CCCC1O. The van der Waals surface area contributed by atoms with Crippen molar-refractivity contribution in [3.8, 4) is 0 Å². The van der Waals surface area contributed by atoms with Crippen LogP contribution in [0.1, 0.15) is 25.3 Å². The number of nitrogens with zero attached hydrogens (tertiary/aromatic N) is 2. The average molecular weight is 338 g/mol. The molecule has 1 fully saturated rings. The first-order valence-electron chi connectivity index (χ1n) is 4.72. The molecule has 0 aliphatic heterocycles. The molecule has 0 saturated heterocycles. The van der Waals surface area contributed by atoms with Crippen LogP contribution < -0.4 is 5.56 Å². The third kappa shape index (κ3) is 2.03. The van der Waals surface area contributed by atoms with E-state index in [4.69, 9.17) is 0 Å². The Bertz CT molecular complexity index is 433. The van der Waals surface area contributed by atoms with Gasteiger partial charge < -0.3 is 5.11 Å². The highest BCUT2D eigenvalue weighted by molar-refractivity contribution is 9.13. The third-order valence-corrected chi connectivity index (χ3v) is 4.56. The van der Waals surface area contributed by atoms with Gasteiger partial charge in [0.15, 0.2) is 0 Å². The van der Waals surface area contributed by atoms with Gasteiger partial charge in [-0.15, -0.1) is 0 Å². The Morgan fingerprint density at radius 3 is 2.80 bits per heavy atom. The van der Waals surface area contributed by atoms with Gasteiger partial charge in [0.05, 0.1) is 22.8 Å². The Hall–Kier alpha value is -0.200. The van der Waals surface area contributed by atoms with Gasteiger partial charge in [0.2, 0.25) is 0 Å². The smallest absolute Gasteiger partial charge is 0.282 e. The molecule has 1 saturated carbocycles. The molecule has 1 aromatic rings. The number of aromatic nitrogens is 2. The summed E-state index contributed by atoms with van der Waals surface area (Å²) < 4.78 is 2.46. The molecule has 1 aliphatic carbocycles. The number of aliphatic hydroxyl groups is 1. The van der Waals surface area contributed by atoms with E-state index in [1.807, 2.05) is 0 Å². The predicted molar refractivity (Wildman–Crippen MR) is 62.8 cm³/mol. The number of aliphatic hydroxyl groups excluding tert-OH is 1. The van der Waals surface area contributed by atoms with E-state index in [9.17, 15) is 9.90 Å². The third-order valence-electron chi connectivity index (χ3n) is 2.66. The second-order valence-electron chi connectivity index (χ2n) is 3.62. The molecule has 1 heterocycles. The molecule has 0 aromatic carbocycles. The lowest BCUT2D eigenvalue weighted by molar-refractivity contribution is 0.127. The molecule has 6 heteroatoms. The van der Waals surface area contributed by atoms with E-state index in [2.05, 4.69) is 37.0 Å². The van der Waals surface area contributed by atoms with Gasteiger partial charge in [0.1, 0.15) is 4.47 Å². The molecule has 4 nitrogen and oxygen atoms in total. The standard InChI is InChI=1S/C9H10Br2N2O2/c10-5-4-12-13(9(15)8(5)11)6-2-1-3-7(6)14/h4,6-7,14H,1-3H2. The summed E-state index contributed by atoms with van der Waals surface area (Å²) in [5.41, 5.74) is -0.199. The second-order valence-corrected chi connectivity index (χ2v) is 5.27. The molecular weight excluding hydrogens is 328 g/mol. The van der Waals surface area contributed by atoms with Crippen LogP contribution >= 0.6 is 31.9 Å². The van der Waals surface area contributed by atoms with Gasteiger partial charge in [-0.3, -0.25) is 4.79 Å². The van der Waals surface area contributed by atoms with Crippen molar-refractivity contribution in [2.24, 2.45) is 0 Å². The predicted octanol–water partition coefficient (Wildman–Crippen LogP) is 1.85.